The third-order valence-electron chi connectivity index (χ3n) is 3.65. The highest BCUT2D eigenvalue weighted by Crippen LogP contribution is 2.52. The van der Waals surface area contributed by atoms with Crippen LogP contribution in [-0.4, -0.2) is 20.9 Å². The van der Waals surface area contributed by atoms with E-state index in [-0.39, 0.29) is 27.9 Å². The minimum atomic E-state index is -3.92. The number of rotatable bonds is 5. The van der Waals surface area contributed by atoms with Gasteiger partial charge in [0.1, 0.15) is 10.6 Å². The van der Waals surface area contributed by atoms with Gasteiger partial charge in [-0.3, -0.25) is 4.79 Å². The van der Waals surface area contributed by atoms with Gasteiger partial charge < -0.3 is 10.1 Å². The predicted octanol–water partition coefficient (Wildman–Crippen LogP) is 1.72. The van der Waals surface area contributed by atoms with Gasteiger partial charge in [0.2, 0.25) is 15.9 Å². The summed E-state index contributed by atoms with van der Waals surface area (Å²) in [6.07, 6.45) is 0.831. The average Bonchev–Trinajstić information content (AvgIpc) is 2.99. The molecule has 0 radical (unpaired) electrons. The molecule has 1 aliphatic rings. The zero-order valence-electron chi connectivity index (χ0n) is 12.3. The molecule has 21 heavy (non-hydrogen) atoms. The number of nitrogens with two attached hydrogens (primary N) is 1. The maximum absolute atomic E-state index is 12.0. The van der Waals surface area contributed by atoms with Crippen LogP contribution >= 0.6 is 0 Å². The maximum Gasteiger partial charge on any atom is 0.241 e. The summed E-state index contributed by atoms with van der Waals surface area (Å²) in [6, 6.07) is 4.43. The molecule has 1 aromatic rings. The fraction of sp³-hybridized carbons (Fsp3) is 0.500. The van der Waals surface area contributed by atoms with Crippen LogP contribution in [0.15, 0.2) is 23.1 Å². The Kier molecular flexibility index (Phi) is 3.99. The number of sulfonamides is 1. The molecule has 0 aromatic heterocycles. The van der Waals surface area contributed by atoms with Crippen LogP contribution in [0.25, 0.3) is 0 Å². The second-order valence-electron chi connectivity index (χ2n) is 5.87. The van der Waals surface area contributed by atoms with E-state index in [9.17, 15) is 13.2 Å². The molecule has 0 aliphatic heterocycles. The Balaban J connectivity index is 2.24. The molecule has 1 atom stereocenters. The highest BCUT2D eigenvalue weighted by Gasteiger charge is 2.50. The van der Waals surface area contributed by atoms with Gasteiger partial charge in [-0.05, 0) is 37.0 Å². The molecule has 0 bridgehead atoms. The molecule has 116 valence electrons. The monoisotopic (exact) mass is 312 g/mol. The molecule has 1 unspecified atom stereocenters. The number of primary sulfonamides is 1. The Morgan fingerprint density at radius 1 is 1.48 bits per heavy atom. The molecule has 0 heterocycles. The number of hydrogen-bond acceptors (Lipinski definition) is 4. The number of nitrogens with one attached hydrogen (secondary N) is 1. The molecular weight excluding hydrogens is 292 g/mol. The van der Waals surface area contributed by atoms with E-state index in [1.165, 1.54) is 12.1 Å². The summed E-state index contributed by atoms with van der Waals surface area (Å²) >= 11 is 0. The lowest BCUT2D eigenvalue weighted by Gasteiger charge is -2.12. The standard InChI is InChI=1S/C14H20N2O4S/c1-4-20-11-6-5-9(7-12(11)21(15,18)19)16-13(17)10-8-14(10,2)3/h5-7,10H,4,8H2,1-3H3,(H,16,17)(H2,15,18,19). The smallest absolute Gasteiger partial charge is 0.241 e. The van der Waals surface area contributed by atoms with E-state index in [0.29, 0.717) is 12.3 Å². The topological polar surface area (TPSA) is 98.5 Å². The van der Waals surface area contributed by atoms with Crippen molar-refractivity contribution in [2.24, 2.45) is 16.5 Å². The van der Waals surface area contributed by atoms with Crippen LogP contribution in [0.4, 0.5) is 5.69 Å². The van der Waals surface area contributed by atoms with Gasteiger partial charge in [0.15, 0.2) is 0 Å². The lowest BCUT2D eigenvalue weighted by Crippen LogP contribution is -2.18. The van der Waals surface area contributed by atoms with Crippen LogP contribution < -0.4 is 15.2 Å². The van der Waals surface area contributed by atoms with Gasteiger partial charge >= 0.3 is 0 Å². The third-order valence-corrected chi connectivity index (χ3v) is 4.58. The first-order chi connectivity index (χ1) is 9.65. The lowest BCUT2D eigenvalue weighted by molar-refractivity contribution is -0.118. The molecule has 1 aliphatic carbocycles. The molecule has 1 aromatic carbocycles. The van der Waals surface area contributed by atoms with Gasteiger partial charge in [0, 0.05) is 11.6 Å². The Hall–Kier alpha value is -1.60. The number of carbonyl (C=O) groups is 1. The zero-order valence-corrected chi connectivity index (χ0v) is 13.2. The van der Waals surface area contributed by atoms with Crippen molar-refractivity contribution in [3.8, 4) is 5.75 Å². The number of carbonyl (C=O) groups excluding carboxylic acids is 1. The zero-order chi connectivity index (χ0) is 15.8. The van der Waals surface area contributed by atoms with Gasteiger partial charge in [-0.15, -0.1) is 0 Å². The Morgan fingerprint density at radius 3 is 2.57 bits per heavy atom. The minimum absolute atomic E-state index is 0.0120. The average molecular weight is 312 g/mol. The first-order valence-corrected chi connectivity index (χ1v) is 8.30. The summed E-state index contributed by atoms with van der Waals surface area (Å²) in [4.78, 5) is 11.9. The number of amides is 1. The van der Waals surface area contributed by atoms with Crippen LogP contribution in [0.2, 0.25) is 0 Å². The summed E-state index contributed by atoms with van der Waals surface area (Å²) in [7, 11) is -3.92. The van der Waals surface area contributed by atoms with Crippen molar-refractivity contribution < 1.29 is 17.9 Å². The van der Waals surface area contributed by atoms with Crippen LogP contribution in [0, 0.1) is 11.3 Å². The SMILES string of the molecule is CCOc1ccc(NC(=O)C2CC2(C)C)cc1S(N)(=O)=O. The fourth-order valence-electron chi connectivity index (χ4n) is 2.23. The summed E-state index contributed by atoms with van der Waals surface area (Å²) in [5, 5.41) is 7.91. The van der Waals surface area contributed by atoms with Gasteiger partial charge in [-0.1, -0.05) is 13.8 Å². The van der Waals surface area contributed by atoms with Crippen LogP contribution in [0.3, 0.4) is 0 Å². The van der Waals surface area contributed by atoms with Crippen molar-refractivity contribution >= 4 is 21.6 Å². The normalized spacial score (nSPS) is 19.9. The fourth-order valence-corrected chi connectivity index (χ4v) is 2.93. The quantitative estimate of drug-likeness (QED) is 0.864. The van der Waals surface area contributed by atoms with Crippen molar-refractivity contribution in [1.82, 2.24) is 0 Å². The molecule has 1 saturated carbocycles. The van der Waals surface area contributed by atoms with Gasteiger partial charge in [0.05, 0.1) is 6.61 Å². The van der Waals surface area contributed by atoms with Gasteiger partial charge in [-0.2, -0.15) is 0 Å². The predicted molar refractivity (Wildman–Crippen MR) is 79.5 cm³/mol. The molecular formula is C14H20N2O4S. The number of ether oxygens (including phenoxy) is 1. The Morgan fingerprint density at radius 2 is 2.10 bits per heavy atom. The van der Waals surface area contributed by atoms with Crippen molar-refractivity contribution in [1.29, 1.82) is 0 Å². The summed E-state index contributed by atoms with van der Waals surface area (Å²) in [5.74, 6) is 0.0382. The van der Waals surface area contributed by atoms with E-state index < -0.39 is 10.0 Å². The van der Waals surface area contributed by atoms with E-state index >= 15 is 0 Å². The van der Waals surface area contributed by atoms with E-state index in [2.05, 4.69) is 5.32 Å². The van der Waals surface area contributed by atoms with Gasteiger partial charge in [-0.25, -0.2) is 13.6 Å². The van der Waals surface area contributed by atoms with Crippen LogP contribution in [0.1, 0.15) is 27.2 Å². The summed E-state index contributed by atoms with van der Waals surface area (Å²) in [5.41, 5.74) is 0.410. The number of hydrogen-bond donors (Lipinski definition) is 2. The molecule has 0 saturated heterocycles. The molecule has 1 fully saturated rings. The summed E-state index contributed by atoms with van der Waals surface area (Å²) < 4.78 is 28.4. The first kappa shape index (κ1) is 15.8. The van der Waals surface area contributed by atoms with E-state index in [4.69, 9.17) is 9.88 Å². The Labute approximate surface area is 124 Å². The van der Waals surface area contributed by atoms with E-state index in [1.807, 2.05) is 13.8 Å². The summed E-state index contributed by atoms with van der Waals surface area (Å²) in [6.45, 7) is 6.11. The lowest BCUT2D eigenvalue weighted by atomic mass is 10.1. The highest BCUT2D eigenvalue weighted by atomic mass is 32.2. The molecule has 0 spiro atoms. The van der Waals surface area contributed by atoms with Crippen molar-refractivity contribution in [2.75, 3.05) is 11.9 Å². The van der Waals surface area contributed by atoms with Crippen molar-refractivity contribution in [3.63, 3.8) is 0 Å². The van der Waals surface area contributed by atoms with Crippen molar-refractivity contribution in [2.45, 2.75) is 32.1 Å². The van der Waals surface area contributed by atoms with Crippen LogP contribution in [-0.2, 0) is 14.8 Å². The highest BCUT2D eigenvalue weighted by molar-refractivity contribution is 7.89. The van der Waals surface area contributed by atoms with E-state index in [1.54, 1.807) is 13.0 Å². The minimum Gasteiger partial charge on any atom is -0.492 e. The molecule has 1 amide bonds. The largest absolute Gasteiger partial charge is 0.492 e. The number of anilines is 1. The second kappa shape index (κ2) is 5.31. The molecule has 3 N–H and O–H groups in total. The maximum atomic E-state index is 12.0. The van der Waals surface area contributed by atoms with E-state index in [0.717, 1.165) is 6.42 Å². The first-order valence-electron chi connectivity index (χ1n) is 6.75. The third kappa shape index (κ3) is 3.54. The van der Waals surface area contributed by atoms with Crippen LogP contribution in [0.5, 0.6) is 5.75 Å². The molecule has 6 nitrogen and oxygen atoms in total. The molecule has 7 heteroatoms. The second-order valence-corrected chi connectivity index (χ2v) is 7.40. The number of benzene rings is 1. The molecule has 2 rings (SSSR count). The van der Waals surface area contributed by atoms with Crippen molar-refractivity contribution in [3.05, 3.63) is 18.2 Å². The Bertz CT molecular complexity index is 668. The van der Waals surface area contributed by atoms with Gasteiger partial charge in [0.25, 0.3) is 0 Å².